The number of benzene rings is 2. The van der Waals surface area contributed by atoms with E-state index in [-0.39, 0.29) is 47.9 Å². The van der Waals surface area contributed by atoms with Crippen LogP contribution in [0.3, 0.4) is 0 Å². The Kier molecular flexibility index (Phi) is 7.56. The summed E-state index contributed by atoms with van der Waals surface area (Å²) < 4.78 is 32.5. The molecule has 0 aromatic heterocycles. The molecule has 2 aliphatic heterocycles. The zero-order valence-corrected chi connectivity index (χ0v) is 20.6. The lowest BCUT2D eigenvalue weighted by atomic mass is 10.0. The Labute approximate surface area is 216 Å². The van der Waals surface area contributed by atoms with Crippen molar-refractivity contribution in [1.29, 1.82) is 0 Å². The third-order valence-corrected chi connectivity index (χ3v) is 6.85. The molecule has 2 aromatic rings. The fraction of sp³-hybridized carbons (Fsp3) is 0.440. The van der Waals surface area contributed by atoms with E-state index in [9.17, 15) is 38.6 Å². The SMILES string of the molecule is CC1CCCCN1c1ccc(C(=O)OC(=O)c2ccc(N3CCCC(F)(F)C3)c([N+](=O)[O-])c2)cc1[N+](=O)[O-]. The Bertz CT molecular complexity index is 1290. The molecule has 1 unspecified atom stereocenters. The maximum absolute atomic E-state index is 13.8. The molecule has 2 heterocycles. The van der Waals surface area contributed by atoms with E-state index in [1.807, 2.05) is 11.8 Å². The molecular formula is C25H26F2N4O7. The average molecular weight is 533 g/mol. The van der Waals surface area contributed by atoms with Crippen molar-refractivity contribution in [1.82, 2.24) is 0 Å². The molecule has 0 spiro atoms. The van der Waals surface area contributed by atoms with E-state index in [1.54, 1.807) is 0 Å². The molecule has 13 heteroatoms. The number of halogens is 2. The van der Waals surface area contributed by atoms with Gasteiger partial charge in [0.2, 0.25) is 0 Å². The van der Waals surface area contributed by atoms with Crippen molar-refractivity contribution in [2.45, 2.75) is 51.0 Å². The smallest absolute Gasteiger partial charge is 0.346 e. The first-order valence-corrected chi connectivity index (χ1v) is 12.2. The van der Waals surface area contributed by atoms with Crippen molar-refractivity contribution in [2.24, 2.45) is 0 Å². The van der Waals surface area contributed by atoms with Crippen molar-refractivity contribution in [2.75, 3.05) is 29.4 Å². The van der Waals surface area contributed by atoms with E-state index in [0.717, 1.165) is 37.5 Å². The zero-order chi connectivity index (χ0) is 27.6. The number of nitrogens with zero attached hydrogens (tertiary/aromatic N) is 4. The van der Waals surface area contributed by atoms with Crippen LogP contribution >= 0.6 is 0 Å². The summed E-state index contributed by atoms with van der Waals surface area (Å²) in [5, 5.41) is 23.4. The molecule has 0 radical (unpaired) electrons. The van der Waals surface area contributed by atoms with Gasteiger partial charge in [-0.2, -0.15) is 0 Å². The highest BCUT2D eigenvalue weighted by Gasteiger charge is 2.37. The zero-order valence-electron chi connectivity index (χ0n) is 20.6. The number of esters is 2. The molecular weight excluding hydrogens is 506 g/mol. The number of hydrogen-bond donors (Lipinski definition) is 0. The summed E-state index contributed by atoms with van der Waals surface area (Å²) >= 11 is 0. The number of carbonyl (C=O) groups excluding carboxylic acids is 2. The highest BCUT2D eigenvalue weighted by Crippen LogP contribution is 2.36. The second-order valence-electron chi connectivity index (χ2n) is 9.52. The maximum atomic E-state index is 13.8. The maximum Gasteiger partial charge on any atom is 0.346 e. The van der Waals surface area contributed by atoms with Crippen LogP contribution in [-0.2, 0) is 4.74 Å². The third kappa shape index (κ3) is 5.71. The van der Waals surface area contributed by atoms with Crippen LogP contribution in [0.4, 0.5) is 31.5 Å². The topological polar surface area (TPSA) is 136 Å². The largest absolute Gasteiger partial charge is 0.386 e. The van der Waals surface area contributed by atoms with Gasteiger partial charge in [-0.05, 0) is 56.9 Å². The Hall–Kier alpha value is -4.16. The number of piperidine rings is 2. The predicted molar refractivity (Wildman–Crippen MR) is 133 cm³/mol. The lowest BCUT2D eigenvalue weighted by molar-refractivity contribution is -0.384. The quantitative estimate of drug-likeness (QED) is 0.215. The summed E-state index contributed by atoms with van der Waals surface area (Å²) in [6.07, 6.45) is 2.59. The molecule has 0 bridgehead atoms. The molecule has 4 rings (SSSR count). The molecule has 2 aliphatic rings. The number of carbonyl (C=O) groups is 2. The molecule has 0 saturated carbocycles. The van der Waals surface area contributed by atoms with Crippen LogP contribution in [0.2, 0.25) is 0 Å². The van der Waals surface area contributed by atoms with Crippen LogP contribution in [0, 0.1) is 20.2 Å². The van der Waals surface area contributed by atoms with Gasteiger partial charge in [0.25, 0.3) is 17.3 Å². The van der Waals surface area contributed by atoms with E-state index in [0.29, 0.717) is 12.2 Å². The van der Waals surface area contributed by atoms with Gasteiger partial charge >= 0.3 is 11.9 Å². The third-order valence-electron chi connectivity index (χ3n) is 6.85. The van der Waals surface area contributed by atoms with Gasteiger partial charge in [0, 0.05) is 37.7 Å². The van der Waals surface area contributed by atoms with Gasteiger partial charge < -0.3 is 14.5 Å². The molecule has 2 saturated heterocycles. The van der Waals surface area contributed by atoms with Gasteiger partial charge in [0.05, 0.1) is 27.5 Å². The number of alkyl halides is 2. The number of anilines is 2. The number of nitro benzene ring substituents is 2. The number of ether oxygens (including phenoxy) is 1. The van der Waals surface area contributed by atoms with Crippen LogP contribution in [0.25, 0.3) is 0 Å². The number of nitro groups is 2. The molecule has 2 fully saturated rings. The Morgan fingerprint density at radius 1 is 0.921 bits per heavy atom. The van der Waals surface area contributed by atoms with Crippen LogP contribution in [0.5, 0.6) is 0 Å². The standard InChI is InChI=1S/C25H26F2N4O7/c1-16-5-2-3-12-29(16)20-9-7-18(14-22(20)31(36)37)24(33)38-23(32)17-6-8-19(21(13-17)30(34)35)28-11-4-10-25(26,27)15-28/h6-9,13-14,16H,2-5,10-12,15H2,1H3. The lowest BCUT2D eigenvalue weighted by Gasteiger charge is -2.35. The minimum absolute atomic E-state index is 0.0737. The highest BCUT2D eigenvalue weighted by molar-refractivity contribution is 6.03. The van der Waals surface area contributed by atoms with E-state index in [1.165, 1.54) is 23.1 Å². The lowest BCUT2D eigenvalue weighted by Crippen LogP contribution is -2.42. The van der Waals surface area contributed by atoms with E-state index in [4.69, 9.17) is 4.74 Å². The highest BCUT2D eigenvalue weighted by atomic mass is 19.3. The fourth-order valence-corrected chi connectivity index (χ4v) is 4.93. The minimum Gasteiger partial charge on any atom is -0.386 e. The summed E-state index contributed by atoms with van der Waals surface area (Å²) in [6, 6.07) is 7.05. The van der Waals surface area contributed by atoms with Crippen molar-refractivity contribution < 1.29 is 33.0 Å². The van der Waals surface area contributed by atoms with Crippen LogP contribution < -0.4 is 9.80 Å². The van der Waals surface area contributed by atoms with Crippen molar-refractivity contribution in [3.63, 3.8) is 0 Å². The number of rotatable bonds is 6. The van der Waals surface area contributed by atoms with Gasteiger partial charge in [-0.3, -0.25) is 20.2 Å². The van der Waals surface area contributed by atoms with E-state index < -0.39 is 39.9 Å². The van der Waals surface area contributed by atoms with E-state index in [2.05, 4.69) is 0 Å². The molecule has 1 atom stereocenters. The van der Waals surface area contributed by atoms with Gasteiger partial charge in [-0.1, -0.05) is 0 Å². The first kappa shape index (κ1) is 26.9. The average Bonchev–Trinajstić information content (AvgIpc) is 2.87. The molecule has 0 aliphatic carbocycles. The first-order valence-electron chi connectivity index (χ1n) is 12.2. The van der Waals surface area contributed by atoms with Crippen molar-refractivity contribution in [3.8, 4) is 0 Å². The fourth-order valence-electron chi connectivity index (χ4n) is 4.93. The second-order valence-corrected chi connectivity index (χ2v) is 9.52. The summed E-state index contributed by atoms with van der Waals surface area (Å²) in [5.41, 5.74) is -1.18. The van der Waals surface area contributed by atoms with Crippen LogP contribution in [0.15, 0.2) is 36.4 Å². The Balaban J connectivity index is 1.55. The monoisotopic (exact) mass is 532 g/mol. The predicted octanol–water partition coefficient (Wildman–Crippen LogP) is 5.11. The molecule has 0 N–H and O–H groups in total. The number of hydrogen-bond acceptors (Lipinski definition) is 9. The molecule has 202 valence electrons. The van der Waals surface area contributed by atoms with Crippen LogP contribution in [0.1, 0.15) is 59.7 Å². The van der Waals surface area contributed by atoms with Gasteiger partial charge in [0.1, 0.15) is 11.4 Å². The Morgan fingerprint density at radius 2 is 1.50 bits per heavy atom. The normalized spacial score (nSPS) is 19.1. The summed E-state index contributed by atoms with van der Waals surface area (Å²) in [6.45, 7) is 2.09. The Morgan fingerprint density at radius 3 is 2.05 bits per heavy atom. The van der Waals surface area contributed by atoms with Gasteiger partial charge in [0.15, 0.2) is 0 Å². The molecule has 2 aromatic carbocycles. The minimum atomic E-state index is -3.00. The van der Waals surface area contributed by atoms with Gasteiger partial charge in [-0.25, -0.2) is 18.4 Å². The second kappa shape index (κ2) is 10.7. The first-order chi connectivity index (χ1) is 18.0. The molecule has 11 nitrogen and oxygen atoms in total. The van der Waals surface area contributed by atoms with Crippen molar-refractivity contribution >= 4 is 34.7 Å². The molecule has 38 heavy (non-hydrogen) atoms. The summed E-state index contributed by atoms with van der Waals surface area (Å²) in [7, 11) is 0. The van der Waals surface area contributed by atoms with Crippen LogP contribution in [-0.4, -0.2) is 53.4 Å². The van der Waals surface area contributed by atoms with E-state index >= 15 is 0 Å². The summed E-state index contributed by atoms with van der Waals surface area (Å²) in [5.74, 6) is -5.39. The van der Waals surface area contributed by atoms with Gasteiger partial charge in [-0.15, -0.1) is 0 Å². The summed E-state index contributed by atoms with van der Waals surface area (Å²) in [4.78, 5) is 50.3. The molecule has 0 amide bonds. The van der Waals surface area contributed by atoms with Crippen molar-refractivity contribution in [3.05, 3.63) is 67.8 Å².